The predicted octanol–water partition coefficient (Wildman–Crippen LogP) is 3.43. The summed E-state index contributed by atoms with van der Waals surface area (Å²) in [5, 5.41) is 0.648. The summed E-state index contributed by atoms with van der Waals surface area (Å²) >= 11 is 12.0. The second-order valence-corrected chi connectivity index (χ2v) is 7.76. The number of H-pyrrole nitrogens is 1. The minimum atomic E-state index is -0.787. The third-order valence-corrected chi connectivity index (χ3v) is 5.19. The smallest absolute Gasteiger partial charge is 0.330 e. The molecule has 0 saturated carbocycles. The molecule has 0 saturated heterocycles. The van der Waals surface area contributed by atoms with Crippen molar-refractivity contribution in [1.29, 1.82) is 0 Å². The molecule has 2 aromatic heterocycles. The Morgan fingerprint density at radius 1 is 1.28 bits per heavy atom. The molecule has 0 radical (unpaired) electrons. The minimum Gasteiger partial charge on any atom is -0.482 e. The number of furan rings is 1. The van der Waals surface area contributed by atoms with E-state index in [0.717, 1.165) is 11.3 Å². The molecular weight excluding hydrogens is 459 g/mol. The van der Waals surface area contributed by atoms with Crippen molar-refractivity contribution in [2.45, 2.75) is 32.9 Å². The van der Waals surface area contributed by atoms with Crippen LogP contribution >= 0.6 is 23.2 Å². The van der Waals surface area contributed by atoms with Gasteiger partial charge in [-0.3, -0.25) is 24.0 Å². The van der Waals surface area contributed by atoms with Gasteiger partial charge in [-0.05, 0) is 36.8 Å². The molecule has 1 amide bonds. The molecule has 0 aliphatic carbocycles. The molecule has 0 aliphatic heterocycles. The Morgan fingerprint density at radius 3 is 2.72 bits per heavy atom. The fraction of sp³-hybridized carbons (Fsp3) is 0.286. The molecular formula is C21H22Cl2N4O5. The molecule has 32 heavy (non-hydrogen) atoms. The number of carbonyl (C=O) groups is 1. The maximum absolute atomic E-state index is 13.1. The van der Waals surface area contributed by atoms with Crippen LogP contribution in [0.4, 0.5) is 11.5 Å². The zero-order valence-electron chi connectivity index (χ0n) is 17.3. The van der Waals surface area contributed by atoms with Gasteiger partial charge in [-0.25, -0.2) is 4.79 Å². The maximum Gasteiger partial charge on any atom is 0.330 e. The number of aromatic amines is 1. The quantitative estimate of drug-likeness (QED) is 0.483. The number of amides is 1. The molecule has 3 rings (SSSR count). The Hall–Kier alpha value is -3.17. The second-order valence-electron chi connectivity index (χ2n) is 6.92. The first-order chi connectivity index (χ1) is 15.3. The van der Waals surface area contributed by atoms with Crippen molar-refractivity contribution < 1.29 is 13.9 Å². The van der Waals surface area contributed by atoms with Crippen molar-refractivity contribution in [3.05, 3.63) is 73.2 Å². The van der Waals surface area contributed by atoms with Crippen LogP contribution in [-0.2, 0) is 17.9 Å². The molecule has 0 atom stereocenters. The largest absolute Gasteiger partial charge is 0.482 e. The lowest BCUT2D eigenvalue weighted by atomic mass is 10.3. The van der Waals surface area contributed by atoms with E-state index < -0.39 is 23.8 Å². The number of anilines is 2. The van der Waals surface area contributed by atoms with E-state index in [2.05, 4.69) is 4.98 Å². The number of unbranched alkanes of at least 4 members (excludes halogenated alkanes) is 1. The monoisotopic (exact) mass is 480 g/mol. The van der Waals surface area contributed by atoms with Crippen LogP contribution in [0.1, 0.15) is 25.5 Å². The van der Waals surface area contributed by atoms with Gasteiger partial charge < -0.3 is 14.9 Å². The number of carbonyl (C=O) groups excluding carboxylic acids is 1. The maximum atomic E-state index is 13.1. The Bertz CT molecular complexity index is 1200. The van der Waals surface area contributed by atoms with Gasteiger partial charge in [0.05, 0.1) is 17.8 Å². The molecule has 2 heterocycles. The molecule has 0 aliphatic rings. The predicted molar refractivity (Wildman–Crippen MR) is 122 cm³/mol. The number of rotatable bonds is 9. The van der Waals surface area contributed by atoms with E-state index in [1.165, 1.54) is 23.0 Å². The number of aromatic nitrogens is 2. The second kappa shape index (κ2) is 10.4. The molecule has 3 aromatic rings. The summed E-state index contributed by atoms with van der Waals surface area (Å²) in [6, 6.07) is 7.88. The first-order valence-corrected chi connectivity index (χ1v) is 10.6. The number of nitrogens with zero attached hydrogens (tertiary/aromatic N) is 2. The van der Waals surface area contributed by atoms with Crippen LogP contribution in [0.15, 0.2) is 50.6 Å². The number of benzene rings is 1. The molecule has 9 nitrogen and oxygen atoms in total. The molecule has 11 heteroatoms. The highest BCUT2D eigenvalue weighted by Crippen LogP contribution is 2.28. The summed E-state index contributed by atoms with van der Waals surface area (Å²) in [4.78, 5) is 41.4. The standard InChI is InChI=1S/C21H22Cl2N4O5/c1-2-3-8-26-19(24)18(20(29)25-21(26)30)27(11-14-5-4-9-31-14)17(28)12-32-16-7-6-13(22)10-15(16)23/h4-7,9-10H,2-3,8,11-12,24H2,1H3,(H,25,29,30). The van der Waals surface area contributed by atoms with Gasteiger partial charge in [-0.2, -0.15) is 0 Å². The molecule has 3 N–H and O–H groups in total. The summed E-state index contributed by atoms with van der Waals surface area (Å²) in [5.41, 5.74) is 4.60. The number of nitrogen functional groups attached to an aromatic ring is 1. The third kappa shape index (κ3) is 5.35. The lowest BCUT2D eigenvalue weighted by molar-refractivity contribution is -0.120. The Kier molecular flexibility index (Phi) is 7.66. The van der Waals surface area contributed by atoms with Gasteiger partial charge in [0.15, 0.2) is 12.3 Å². The zero-order chi connectivity index (χ0) is 23.3. The lowest BCUT2D eigenvalue weighted by Crippen LogP contribution is -2.42. The minimum absolute atomic E-state index is 0.0944. The van der Waals surface area contributed by atoms with Gasteiger partial charge >= 0.3 is 5.69 Å². The molecule has 170 valence electrons. The highest BCUT2D eigenvalue weighted by atomic mass is 35.5. The van der Waals surface area contributed by atoms with Crippen molar-refractivity contribution in [2.24, 2.45) is 0 Å². The van der Waals surface area contributed by atoms with Crippen LogP contribution < -0.4 is 26.6 Å². The van der Waals surface area contributed by atoms with Crippen LogP contribution in [0, 0.1) is 0 Å². The van der Waals surface area contributed by atoms with E-state index in [1.54, 1.807) is 18.2 Å². The normalized spacial score (nSPS) is 10.8. The summed E-state index contributed by atoms with van der Waals surface area (Å²) < 4.78 is 12.1. The average molecular weight is 481 g/mol. The van der Waals surface area contributed by atoms with E-state index in [-0.39, 0.29) is 28.8 Å². The van der Waals surface area contributed by atoms with Gasteiger partial charge in [-0.1, -0.05) is 36.5 Å². The van der Waals surface area contributed by atoms with Crippen LogP contribution in [0.25, 0.3) is 0 Å². The zero-order valence-corrected chi connectivity index (χ0v) is 18.8. The van der Waals surface area contributed by atoms with E-state index >= 15 is 0 Å². The highest BCUT2D eigenvalue weighted by molar-refractivity contribution is 6.35. The summed E-state index contributed by atoms with van der Waals surface area (Å²) in [6.07, 6.45) is 2.92. The highest BCUT2D eigenvalue weighted by Gasteiger charge is 2.26. The van der Waals surface area contributed by atoms with Crippen molar-refractivity contribution >= 4 is 40.6 Å². The number of nitrogens with one attached hydrogen (secondary N) is 1. The Morgan fingerprint density at radius 2 is 2.06 bits per heavy atom. The van der Waals surface area contributed by atoms with Gasteiger partial charge in [-0.15, -0.1) is 0 Å². The molecule has 0 spiro atoms. The molecule has 1 aromatic carbocycles. The Labute approximate surface area is 193 Å². The van der Waals surface area contributed by atoms with Crippen LogP contribution in [0.3, 0.4) is 0 Å². The average Bonchev–Trinajstić information content (AvgIpc) is 3.25. The number of hydrogen-bond acceptors (Lipinski definition) is 6. The van der Waals surface area contributed by atoms with Gasteiger partial charge in [0, 0.05) is 11.6 Å². The van der Waals surface area contributed by atoms with Crippen LogP contribution in [-0.4, -0.2) is 22.1 Å². The van der Waals surface area contributed by atoms with Crippen molar-refractivity contribution in [3.63, 3.8) is 0 Å². The van der Waals surface area contributed by atoms with Crippen LogP contribution in [0.2, 0.25) is 10.0 Å². The number of nitrogens with two attached hydrogens (primary N) is 1. The number of hydrogen-bond donors (Lipinski definition) is 2. The van der Waals surface area contributed by atoms with Crippen molar-refractivity contribution in [1.82, 2.24) is 9.55 Å². The van der Waals surface area contributed by atoms with Gasteiger partial charge in [0.25, 0.3) is 11.5 Å². The summed E-state index contributed by atoms with van der Waals surface area (Å²) in [5.74, 6) is -0.0490. The van der Waals surface area contributed by atoms with Crippen molar-refractivity contribution in [2.75, 3.05) is 17.2 Å². The van der Waals surface area contributed by atoms with Gasteiger partial charge in [0.2, 0.25) is 0 Å². The van der Waals surface area contributed by atoms with E-state index in [9.17, 15) is 14.4 Å². The van der Waals surface area contributed by atoms with E-state index in [1.807, 2.05) is 6.92 Å². The first kappa shape index (κ1) is 23.5. The topological polar surface area (TPSA) is 124 Å². The van der Waals surface area contributed by atoms with Gasteiger partial charge in [0.1, 0.15) is 17.3 Å². The molecule has 0 fully saturated rings. The molecule has 0 bridgehead atoms. The number of halogens is 2. The SMILES string of the molecule is CCCCn1c(N)c(N(Cc2ccco2)C(=O)COc2ccc(Cl)cc2Cl)c(=O)[nH]c1=O. The first-order valence-electron chi connectivity index (χ1n) is 9.85. The van der Waals surface area contributed by atoms with Crippen molar-refractivity contribution in [3.8, 4) is 5.75 Å². The Balaban J connectivity index is 1.96. The fourth-order valence-corrected chi connectivity index (χ4v) is 3.50. The van der Waals surface area contributed by atoms with Crippen LogP contribution in [0.5, 0.6) is 5.75 Å². The molecule has 0 unspecified atom stereocenters. The fourth-order valence-electron chi connectivity index (χ4n) is 3.04. The summed E-state index contributed by atoms with van der Waals surface area (Å²) in [7, 11) is 0. The third-order valence-electron chi connectivity index (χ3n) is 4.66. The lowest BCUT2D eigenvalue weighted by Gasteiger charge is -2.24. The van der Waals surface area contributed by atoms with E-state index in [0.29, 0.717) is 23.7 Å². The van der Waals surface area contributed by atoms with E-state index in [4.69, 9.17) is 38.1 Å². The summed E-state index contributed by atoms with van der Waals surface area (Å²) in [6.45, 7) is 1.71. The number of ether oxygens (including phenoxy) is 1.